The van der Waals surface area contributed by atoms with Crippen LogP contribution >= 0.6 is 23.2 Å². The van der Waals surface area contributed by atoms with Gasteiger partial charge in [0.2, 0.25) is 0 Å². The lowest BCUT2D eigenvalue weighted by molar-refractivity contribution is -0.139. The Balaban J connectivity index is 2.17. The van der Waals surface area contributed by atoms with Crippen LogP contribution in [-0.4, -0.2) is 23.0 Å². The Morgan fingerprint density at radius 3 is 2.04 bits per heavy atom. The molecule has 26 heavy (non-hydrogen) atoms. The molecule has 2 aromatic rings. The molecule has 0 aliphatic rings. The third-order valence-electron chi connectivity index (χ3n) is 3.55. The van der Waals surface area contributed by atoms with Crippen LogP contribution in [0.2, 0.25) is 10.0 Å². The Labute approximate surface area is 156 Å². The third-order valence-corrected chi connectivity index (χ3v) is 4.26. The van der Waals surface area contributed by atoms with Crippen LogP contribution in [0.25, 0.3) is 0 Å². The second-order valence-electron chi connectivity index (χ2n) is 5.34. The first kappa shape index (κ1) is 20.1. The van der Waals surface area contributed by atoms with Gasteiger partial charge in [0, 0.05) is 22.0 Å². The van der Waals surface area contributed by atoms with Crippen LogP contribution in [0.3, 0.4) is 0 Å². The van der Waals surface area contributed by atoms with Crippen molar-refractivity contribution >= 4 is 35.1 Å². The van der Waals surface area contributed by atoms with Gasteiger partial charge < -0.3 is 10.4 Å². The number of carbonyl (C=O) groups is 2. The summed E-state index contributed by atoms with van der Waals surface area (Å²) < 4.78 is 37.7. The first-order valence-electron chi connectivity index (χ1n) is 7.23. The molecule has 1 atom stereocenters. The van der Waals surface area contributed by atoms with Crippen LogP contribution in [0.15, 0.2) is 42.5 Å². The number of halogens is 5. The van der Waals surface area contributed by atoms with Crippen LogP contribution in [0.5, 0.6) is 0 Å². The van der Waals surface area contributed by atoms with E-state index in [1.807, 2.05) is 0 Å². The third kappa shape index (κ3) is 4.89. The highest BCUT2D eigenvalue weighted by Crippen LogP contribution is 2.29. The van der Waals surface area contributed by atoms with Gasteiger partial charge in [0.25, 0.3) is 5.91 Å². The van der Waals surface area contributed by atoms with Gasteiger partial charge in [0.1, 0.15) is 6.04 Å². The molecule has 0 saturated carbocycles. The number of benzene rings is 2. The standard InChI is InChI=1S/C17H12Cl2F3NO3/c18-12-2-1-3-13(19)11(12)8-14(16(25)26)23-15(24)9-4-6-10(7-5-9)17(20,21)22/h1-7,14H,8H2,(H,23,24)(H,25,26)/t14-/m0/s1. The van der Waals surface area contributed by atoms with Gasteiger partial charge in [-0.3, -0.25) is 4.79 Å². The normalized spacial score (nSPS) is 12.5. The van der Waals surface area contributed by atoms with Crippen molar-refractivity contribution < 1.29 is 27.9 Å². The molecule has 0 saturated heterocycles. The summed E-state index contributed by atoms with van der Waals surface area (Å²) >= 11 is 12.0. The SMILES string of the molecule is O=C(N[C@@H](Cc1c(Cl)cccc1Cl)C(=O)O)c1ccc(C(F)(F)F)cc1. The van der Waals surface area contributed by atoms with Gasteiger partial charge in [0.05, 0.1) is 5.56 Å². The van der Waals surface area contributed by atoms with Crippen LogP contribution in [0.4, 0.5) is 13.2 Å². The summed E-state index contributed by atoms with van der Waals surface area (Å²) in [5.41, 5.74) is -0.669. The fraction of sp³-hybridized carbons (Fsp3) is 0.176. The van der Waals surface area contributed by atoms with E-state index in [0.717, 1.165) is 24.3 Å². The quantitative estimate of drug-likeness (QED) is 0.772. The monoisotopic (exact) mass is 405 g/mol. The van der Waals surface area contributed by atoms with Crippen molar-refractivity contribution in [2.45, 2.75) is 18.6 Å². The predicted octanol–water partition coefficient (Wildman–Crippen LogP) is 4.44. The molecule has 0 radical (unpaired) electrons. The molecule has 2 aromatic carbocycles. The van der Waals surface area contributed by atoms with Crippen molar-refractivity contribution in [3.63, 3.8) is 0 Å². The van der Waals surface area contributed by atoms with Crippen LogP contribution in [0, 0.1) is 0 Å². The number of carboxylic acid groups (broad SMARTS) is 1. The van der Waals surface area contributed by atoms with Crippen LogP contribution in [-0.2, 0) is 17.4 Å². The lowest BCUT2D eigenvalue weighted by Crippen LogP contribution is -2.42. The average molecular weight is 406 g/mol. The molecular formula is C17H12Cl2F3NO3. The number of amides is 1. The molecule has 0 aromatic heterocycles. The molecule has 0 aliphatic carbocycles. The van der Waals surface area contributed by atoms with E-state index in [2.05, 4.69) is 5.32 Å². The highest BCUT2D eigenvalue weighted by Gasteiger charge is 2.30. The number of carbonyl (C=O) groups excluding carboxylic acids is 1. The maximum Gasteiger partial charge on any atom is 0.416 e. The summed E-state index contributed by atoms with van der Waals surface area (Å²) in [6, 6.07) is 6.72. The first-order valence-corrected chi connectivity index (χ1v) is 7.99. The number of hydrogen-bond donors (Lipinski definition) is 2. The van der Waals surface area contributed by atoms with Crippen molar-refractivity contribution in [3.8, 4) is 0 Å². The molecule has 1 amide bonds. The number of rotatable bonds is 5. The van der Waals surface area contributed by atoms with E-state index >= 15 is 0 Å². The number of aliphatic carboxylic acids is 1. The maximum absolute atomic E-state index is 12.6. The fourth-order valence-corrected chi connectivity index (χ4v) is 2.74. The highest BCUT2D eigenvalue weighted by atomic mass is 35.5. The van der Waals surface area contributed by atoms with E-state index in [4.69, 9.17) is 23.2 Å². The second-order valence-corrected chi connectivity index (χ2v) is 6.16. The molecule has 138 valence electrons. The second kappa shape index (κ2) is 7.97. The Hall–Kier alpha value is -2.25. The summed E-state index contributed by atoms with van der Waals surface area (Å²) in [7, 11) is 0. The zero-order valence-electron chi connectivity index (χ0n) is 13.0. The first-order chi connectivity index (χ1) is 12.1. The number of carboxylic acids is 1. The summed E-state index contributed by atoms with van der Waals surface area (Å²) in [5.74, 6) is -2.16. The molecule has 0 aliphatic heterocycles. The van der Waals surface area contributed by atoms with E-state index in [1.165, 1.54) is 12.1 Å². The molecule has 0 unspecified atom stereocenters. The molecular weight excluding hydrogens is 394 g/mol. The largest absolute Gasteiger partial charge is 0.480 e. The minimum absolute atomic E-state index is 0.102. The van der Waals surface area contributed by atoms with Gasteiger partial charge in [-0.05, 0) is 42.0 Å². The minimum Gasteiger partial charge on any atom is -0.480 e. The van der Waals surface area contributed by atoms with Gasteiger partial charge >= 0.3 is 12.1 Å². The number of alkyl halides is 3. The zero-order valence-corrected chi connectivity index (χ0v) is 14.5. The minimum atomic E-state index is -4.53. The summed E-state index contributed by atoms with van der Waals surface area (Å²) in [4.78, 5) is 23.6. The van der Waals surface area contributed by atoms with Gasteiger partial charge in [-0.15, -0.1) is 0 Å². The van der Waals surface area contributed by atoms with E-state index < -0.39 is 29.7 Å². The Bertz CT molecular complexity index is 803. The van der Waals surface area contributed by atoms with Crippen molar-refractivity contribution in [3.05, 3.63) is 69.2 Å². The lowest BCUT2D eigenvalue weighted by atomic mass is 10.0. The Morgan fingerprint density at radius 1 is 1.04 bits per heavy atom. The fourth-order valence-electron chi connectivity index (χ4n) is 2.18. The summed E-state index contributed by atoms with van der Waals surface area (Å²) in [5, 5.41) is 12.1. The molecule has 9 heteroatoms. The Kier molecular flexibility index (Phi) is 6.15. The van der Waals surface area contributed by atoms with Gasteiger partial charge in [0.15, 0.2) is 0 Å². The Morgan fingerprint density at radius 2 is 1.58 bits per heavy atom. The molecule has 2 rings (SSSR count). The van der Waals surface area contributed by atoms with Crippen LogP contribution in [0.1, 0.15) is 21.5 Å². The van der Waals surface area contributed by atoms with E-state index in [1.54, 1.807) is 6.07 Å². The molecule has 0 fully saturated rings. The van der Waals surface area contributed by atoms with E-state index in [9.17, 15) is 27.9 Å². The zero-order chi connectivity index (χ0) is 19.5. The highest BCUT2D eigenvalue weighted by molar-refractivity contribution is 6.36. The van der Waals surface area contributed by atoms with E-state index in [-0.39, 0.29) is 22.0 Å². The van der Waals surface area contributed by atoms with Crippen LogP contribution < -0.4 is 5.32 Å². The average Bonchev–Trinajstić information content (AvgIpc) is 2.56. The molecule has 2 N–H and O–H groups in total. The van der Waals surface area contributed by atoms with Crippen molar-refractivity contribution in [2.24, 2.45) is 0 Å². The lowest BCUT2D eigenvalue weighted by Gasteiger charge is -2.16. The summed E-state index contributed by atoms with van der Waals surface area (Å²) in [6.45, 7) is 0. The van der Waals surface area contributed by atoms with Crippen molar-refractivity contribution in [1.29, 1.82) is 0 Å². The summed E-state index contributed by atoms with van der Waals surface area (Å²) in [6.07, 6.45) is -4.71. The van der Waals surface area contributed by atoms with E-state index in [0.29, 0.717) is 5.56 Å². The van der Waals surface area contributed by atoms with Gasteiger partial charge in [-0.1, -0.05) is 29.3 Å². The predicted molar refractivity (Wildman–Crippen MR) is 90.5 cm³/mol. The van der Waals surface area contributed by atoms with Gasteiger partial charge in [-0.2, -0.15) is 13.2 Å². The smallest absolute Gasteiger partial charge is 0.416 e. The van der Waals surface area contributed by atoms with Crippen molar-refractivity contribution in [1.82, 2.24) is 5.32 Å². The van der Waals surface area contributed by atoms with Crippen molar-refractivity contribution in [2.75, 3.05) is 0 Å². The van der Waals surface area contributed by atoms with Gasteiger partial charge in [-0.25, -0.2) is 4.79 Å². The maximum atomic E-state index is 12.6. The molecule has 0 heterocycles. The molecule has 4 nitrogen and oxygen atoms in total. The topological polar surface area (TPSA) is 66.4 Å². The molecule has 0 spiro atoms. The number of hydrogen-bond acceptors (Lipinski definition) is 2. The molecule has 0 bridgehead atoms. The number of nitrogens with one attached hydrogen (secondary N) is 1.